The van der Waals surface area contributed by atoms with Crippen molar-refractivity contribution in [2.45, 2.75) is 45.6 Å². The molecule has 1 aliphatic rings. The number of anilines is 1. The van der Waals surface area contributed by atoms with Crippen LogP contribution in [0.25, 0.3) is 0 Å². The standard InChI is InChI=1S/C14H19BrFN/c1-14(2)7-3-4-11(9-14)17-13-8-10(15)5-6-12(13)16/h5-6,8,11,17H,3-4,7,9H2,1-2H3. The second-order valence-electron chi connectivity index (χ2n) is 5.73. The quantitative estimate of drug-likeness (QED) is 0.813. The molecule has 0 saturated heterocycles. The Kier molecular flexibility index (Phi) is 3.76. The maximum Gasteiger partial charge on any atom is 0.146 e. The van der Waals surface area contributed by atoms with Gasteiger partial charge >= 0.3 is 0 Å². The fourth-order valence-corrected chi connectivity index (χ4v) is 3.01. The van der Waals surface area contributed by atoms with Crippen LogP contribution in [0.3, 0.4) is 0 Å². The summed E-state index contributed by atoms with van der Waals surface area (Å²) >= 11 is 3.38. The van der Waals surface area contributed by atoms with Gasteiger partial charge in [-0.25, -0.2) is 4.39 Å². The second-order valence-corrected chi connectivity index (χ2v) is 6.64. The molecule has 0 aliphatic heterocycles. The third-order valence-corrected chi connectivity index (χ3v) is 3.99. The van der Waals surface area contributed by atoms with Crippen LogP contribution in [0.5, 0.6) is 0 Å². The van der Waals surface area contributed by atoms with Crippen LogP contribution in [-0.2, 0) is 0 Å². The fourth-order valence-electron chi connectivity index (χ4n) is 2.65. The van der Waals surface area contributed by atoms with E-state index in [1.807, 2.05) is 6.07 Å². The molecule has 1 aromatic carbocycles. The Balaban J connectivity index is 2.07. The van der Waals surface area contributed by atoms with Crippen molar-refractivity contribution in [1.82, 2.24) is 0 Å². The van der Waals surface area contributed by atoms with E-state index >= 15 is 0 Å². The molecule has 0 radical (unpaired) electrons. The smallest absolute Gasteiger partial charge is 0.146 e. The molecule has 94 valence electrons. The van der Waals surface area contributed by atoms with E-state index in [1.54, 1.807) is 6.07 Å². The molecule has 1 fully saturated rings. The topological polar surface area (TPSA) is 12.0 Å². The minimum absolute atomic E-state index is 0.170. The summed E-state index contributed by atoms with van der Waals surface area (Å²) in [6.45, 7) is 4.58. The lowest BCUT2D eigenvalue weighted by Crippen LogP contribution is -2.32. The van der Waals surface area contributed by atoms with Crippen LogP contribution in [0.15, 0.2) is 22.7 Å². The Morgan fingerprint density at radius 3 is 2.88 bits per heavy atom. The molecule has 0 amide bonds. The van der Waals surface area contributed by atoms with E-state index in [2.05, 4.69) is 35.1 Å². The molecule has 1 saturated carbocycles. The van der Waals surface area contributed by atoms with Gasteiger partial charge < -0.3 is 5.32 Å². The largest absolute Gasteiger partial charge is 0.380 e. The van der Waals surface area contributed by atoms with Crippen molar-refractivity contribution < 1.29 is 4.39 Å². The van der Waals surface area contributed by atoms with Crippen molar-refractivity contribution in [3.63, 3.8) is 0 Å². The zero-order valence-electron chi connectivity index (χ0n) is 10.4. The number of halogens is 2. The number of benzene rings is 1. The summed E-state index contributed by atoms with van der Waals surface area (Å²) < 4.78 is 14.5. The average molecular weight is 300 g/mol. The molecule has 0 heterocycles. The van der Waals surface area contributed by atoms with Gasteiger partial charge in [0.1, 0.15) is 5.82 Å². The Morgan fingerprint density at radius 2 is 2.18 bits per heavy atom. The summed E-state index contributed by atoms with van der Waals surface area (Å²) in [7, 11) is 0. The van der Waals surface area contributed by atoms with Crippen molar-refractivity contribution in [1.29, 1.82) is 0 Å². The highest BCUT2D eigenvalue weighted by molar-refractivity contribution is 9.10. The first-order valence-corrected chi connectivity index (χ1v) is 6.97. The third-order valence-electron chi connectivity index (χ3n) is 3.49. The van der Waals surface area contributed by atoms with Gasteiger partial charge in [0.2, 0.25) is 0 Å². The van der Waals surface area contributed by atoms with E-state index in [0.717, 1.165) is 17.3 Å². The maximum atomic E-state index is 13.6. The van der Waals surface area contributed by atoms with Crippen LogP contribution in [-0.4, -0.2) is 6.04 Å². The molecule has 1 N–H and O–H groups in total. The van der Waals surface area contributed by atoms with Crippen LogP contribution >= 0.6 is 15.9 Å². The molecule has 1 aliphatic carbocycles. The summed E-state index contributed by atoms with van der Waals surface area (Å²) in [5, 5.41) is 3.34. The summed E-state index contributed by atoms with van der Waals surface area (Å²) in [4.78, 5) is 0. The van der Waals surface area contributed by atoms with Gasteiger partial charge in [-0.1, -0.05) is 36.2 Å². The van der Waals surface area contributed by atoms with Crippen LogP contribution in [0, 0.1) is 11.2 Å². The molecule has 0 spiro atoms. The lowest BCUT2D eigenvalue weighted by atomic mass is 9.75. The van der Waals surface area contributed by atoms with Crippen molar-refractivity contribution in [2.24, 2.45) is 5.41 Å². The summed E-state index contributed by atoms with van der Waals surface area (Å²) in [5.41, 5.74) is 0.986. The predicted molar refractivity (Wildman–Crippen MR) is 73.8 cm³/mol. The predicted octanol–water partition coefficient (Wildman–Crippen LogP) is 4.97. The SMILES string of the molecule is CC1(C)CCCC(Nc2cc(Br)ccc2F)C1. The lowest BCUT2D eigenvalue weighted by molar-refractivity contribution is 0.229. The normalized spacial score (nSPS) is 23.4. The van der Waals surface area contributed by atoms with Gasteiger partial charge in [-0.05, 0) is 42.9 Å². The summed E-state index contributed by atoms with van der Waals surface area (Å²) in [6, 6.07) is 5.44. The molecule has 1 atom stereocenters. The zero-order chi connectivity index (χ0) is 12.5. The highest BCUT2D eigenvalue weighted by Gasteiger charge is 2.28. The van der Waals surface area contributed by atoms with E-state index < -0.39 is 0 Å². The Labute approximate surface area is 111 Å². The highest BCUT2D eigenvalue weighted by atomic mass is 79.9. The number of hydrogen-bond donors (Lipinski definition) is 1. The van der Waals surface area contributed by atoms with Crippen LogP contribution in [0.2, 0.25) is 0 Å². The van der Waals surface area contributed by atoms with E-state index in [4.69, 9.17) is 0 Å². The van der Waals surface area contributed by atoms with Crippen molar-refractivity contribution in [3.8, 4) is 0 Å². The second kappa shape index (κ2) is 4.97. The van der Waals surface area contributed by atoms with E-state index in [9.17, 15) is 4.39 Å². The molecule has 3 heteroatoms. The minimum Gasteiger partial charge on any atom is -0.380 e. The fraction of sp³-hybridized carbons (Fsp3) is 0.571. The molecule has 0 bridgehead atoms. The van der Waals surface area contributed by atoms with E-state index in [1.165, 1.54) is 18.9 Å². The highest BCUT2D eigenvalue weighted by Crippen LogP contribution is 2.36. The molecule has 1 nitrogen and oxygen atoms in total. The summed E-state index contributed by atoms with van der Waals surface area (Å²) in [6.07, 6.45) is 4.74. The Hall–Kier alpha value is -0.570. The third kappa shape index (κ3) is 3.44. The molecule has 1 unspecified atom stereocenters. The Morgan fingerprint density at radius 1 is 1.41 bits per heavy atom. The van der Waals surface area contributed by atoms with Crippen LogP contribution in [0.1, 0.15) is 39.5 Å². The first-order chi connectivity index (χ1) is 7.96. The van der Waals surface area contributed by atoms with Crippen molar-refractivity contribution in [2.75, 3.05) is 5.32 Å². The van der Waals surface area contributed by atoms with Gasteiger partial charge in [-0.2, -0.15) is 0 Å². The van der Waals surface area contributed by atoms with Gasteiger partial charge in [0.25, 0.3) is 0 Å². The molecule has 0 aromatic heterocycles. The van der Waals surface area contributed by atoms with Crippen LogP contribution in [0.4, 0.5) is 10.1 Å². The first-order valence-electron chi connectivity index (χ1n) is 6.18. The van der Waals surface area contributed by atoms with Gasteiger partial charge in [0.15, 0.2) is 0 Å². The van der Waals surface area contributed by atoms with E-state index in [-0.39, 0.29) is 5.82 Å². The molecular formula is C14H19BrFN. The first kappa shape index (κ1) is 12.9. The number of nitrogens with one attached hydrogen (secondary N) is 1. The van der Waals surface area contributed by atoms with Gasteiger partial charge in [-0.15, -0.1) is 0 Å². The van der Waals surface area contributed by atoms with E-state index in [0.29, 0.717) is 17.1 Å². The monoisotopic (exact) mass is 299 g/mol. The summed E-state index contributed by atoms with van der Waals surface area (Å²) in [5.74, 6) is -0.170. The van der Waals surface area contributed by atoms with Gasteiger partial charge in [0.05, 0.1) is 5.69 Å². The molecule has 2 rings (SSSR count). The van der Waals surface area contributed by atoms with Crippen molar-refractivity contribution in [3.05, 3.63) is 28.5 Å². The molecular weight excluding hydrogens is 281 g/mol. The van der Waals surface area contributed by atoms with Gasteiger partial charge in [0, 0.05) is 10.5 Å². The lowest BCUT2D eigenvalue weighted by Gasteiger charge is -2.36. The minimum atomic E-state index is -0.170. The average Bonchev–Trinajstić information content (AvgIpc) is 2.22. The number of hydrogen-bond acceptors (Lipinski definition) is 1. The van der Waals surface area contributed by atoms with Crippen LogP contribution < -0.4 is 5.32 Å². The molecule has 17 heavy (non-hydrogen) atoms. The maximum absolute atomic E-state index is 13.6. The zero-order valence-corrected chi connectivity index (χ0v) is 12.0. The molecule has 1 aromatic rings. The van der Waals surface area contributed by atoms with Crippen molar-refractivity contribution >= 4 is 21.6 Å². The number of rotatable bonds is 2. The van der Waals surface area contributed by atoms with Gasteiger partial charge in [-0.3, -0.25) is 0 Å². The Bertz CT molecular complexity index is 403.